The van der Waals surface area contributed by atoms with Gasteiger partial charge in [0.25, 0.3) is 0 Å². The molecule has 1 saturated heterocycles. The molecule has 0 spiro atoms. The van der Waals surface area contributed by atoms with Crippen molar-refractivity contribution < 1.29 is 9.47 Å². The standard InChI is InChI=1S/C27H26N4O2S/c1-18-9-4-5-11-21(18)30-16-8-12-22(30)26-25(20-10-6-7-15-28-20)29-27(34)31(26)23-17-19(32-2)13-14-24(23)33-3/h4-17,25-26H,1-3H3,(H,29,34)/t25-,26+/m0/s1. The average Bonchev–Trinajstić information content (AvgIpc) is 3.48. The van der Waals surface area contributed by atoms with E-state index in [-0.39, 0.29) is 12.1 Å². The van der Waals surface area contributed by atoms with Gasteiger partial charge in [0.05, 0.1) is 31.6 Å². The van der Waals surface area contributed by atoms with Crippen LogP contribution < -0.4 is 19.7 Å². The lowest BCUT2D eigenvalue weighted by Gasteiger charge is -2.30. The lowest BCUT2D eigenvalue weighted by Crippen LogP contribution is -2.30. The number of methoxy groups -OCH3 is 2. The summed E-state index contributed by atoms with van der Waals surface area (Å²) in [5.41, 5.74) is 5.14. The molecule has 0 unspecified atom stereocenters. The molecule has 2 atom stereocenters. The minimum absolute atomic E-state index is 0.165. The van der Waals surface area contributed by atoms with Crippen LogP contribution in [0.1, 0.15) is 29.0 Å². The highest BCUT2D eigenvalue weighted by Crippen LogP contribution is 2.46. The van der Waals surface area contributed by atoms with Gasteiger partial charge < -0.3 is 24.3 Å². The van der Waals surface area contributed by atoms with Gasteiger partial charge in [-0.2, -0.15) is 0 Å². The minimum Gasteiger partial charge on any atom is -0.497 e. The maximum Gasteiger partial charge on any atom is 0.174 e. The number of aryl methyl sites for hydroxylation is 1. The van der Waals surface area contributed by atoms with E-state index in [0.29, 0.717) is 10.9 Å². The maximum absolute atomic E-state index is 5.90. The molecule has 1 aliphatic rings. The van der Waals surface area contributed by atoms with E-state index in [1.54, 1.807) is 14.2 Å². The van der Waals surface area contributed by atoms with Crippen LogP contribution in [0.2, 0.25) is 0 Å². The molecule has 3 heterocycles. The summed E-state index contributed by atoms with van der Waals surface area (Å²) in [5, 5.41) is 4.13. The number of thiocarbonyl (C=S) groups is 1. The van der Waals surface area contributed by atoms with E-state index < -0.39 is 0 Å². The number of ether oxygens (including phenoxy) is 2. The molecule has 0 bridgehead atoms. The van der Waals surface area contributed by atoms with Crippen molar-refractivity contribution in [1.29, 1.82) is 0 Å². The van der Waals surface area contributed by atoms with Gasteiger partial charge in [-0.3, -0.25) is 4.98 Å². The molecular weight excluding hydrogens is 444 g/mol. The summed E-state index contributed by atoms with van der Waals surface area (Å²) in [4.78, 5) is 6.78. The van der Waals surface area contributed by atoms with Gasteiger partial charge >= 0.3 is 0 Å². The van der Waals surface area contributed by atoms with E-state index in [1.807, 2.05) is 42.6 Å². The monoisotopic (exact) mass is 470 g/mol. The second-order valence-electron chi connectivity index (χ2n) is 8.12. The van der Waals surface area contributed by atoms with E-state index in [4.69, 9.17) is 21.7 Å². The van der Waals surface area contributed by atoms with Crippen molar-refractivity contribution in [1.82, 2.24) is 14.9 Å². The third kappa shape index (κ3) is 3.78. The van der Waals surface area contributed by atoms with Crippen LogP contribution in [-0.2, 0) is 0 Å². The van der Waals surface area contributed by atoms with Gasteiger partial charge in [-0.1, -0.05) is 24.3 Å². The van der Waals surface area contributed by atoms with Crippen molar-refractivity contribution in [2.45, 2.75) is 19.0 Å². The average molecular weight is 471 g/mol. The molecule has 172 valence electrons. The number of para-hydroxylation sites is 1. The van der Waals surface area contributed by atoms with E-state index in [1.165, 1.54) is 5.56 Å². The summed E-state index contributed by atoms with van der Waals surface area (Å²) in [5.74, 6) is 1.44. The summed E-state index contributed by atoms with van der Waals surface area (Å²) >= 11 is 5.90. The number of nitrogens with one attached hydrogen (secondary N) is 1. The number of rotatable bonds is 6. The number of aromatic nitrogens is 2. The fraction of sp³-hybridized carbons (Fsp3) is 0.185. The first-order chi connectivity index (χ1) is 16.6. The Morgan fingerprint density at radius 1 is 0.912 bits per heavy atom. The molecule has 0 amide bonds. The highest BCUT2D eigenvalue weighted by Gasteiger charge is 2.43. The topological polar surface area (TPSA) is 51.6 Å². The van der Waals surface area contributed by atoms with Crippen LogP contribution in [-0.4, -0.2) is 28.9 Å². The summed E-state index contributed by atoms with van der Waals surface area (Å²) in [6, 6.07) is 23.9. The molecule has 1 aliphatic heterocycles. The SMILES string of the molecule is COc1ccc(OC)c(N2C(=S)N[C@@H](c3ccccn3)[C@H]2c2cccn2-c2ccccc2C)c1. The van der Waals surface area contributed by atoms with Crippen LogP contribution in [0.5, 0.6) is 11.5 Å². The molecule has 4 aromatic rings. The van der Waals surface area contributed by atoms with Crippen molar-refractivity contribution in [2.75, 3.05) is 19.1 Å². The first kappa shape index (κ1) is 22.0. The van der Waals surface area contributed by atoms with Crippen molar-refractivity contribution >= 4 is 23.0 Å². The number of benzene rings is 2. The fourth-order valence-corrected chi connectivity index (χ4v) is 4.93. The van der Waals surface area contributed by atoms with Crippen LogP contribution in [0.25, 0.3) is 5.69 Å². The van der Waals surface area contributed by atoms with Crippen molar-refractivity contribution in [3.05, 3.63) is 102 Å². The van der Waals surface area contributed by atoms with E-state index in [2.05, 4.69) is 69.3 Å². The third-order valence-corrected chi connectivity index (χ3v) is 6.52. The maximum atomic E-state index is 5.90. The second-order valence-corrected chi connectivity index (χ2v) is 8.51. The Balaban J connectivity index is 1.72. The normalized spacial score (nSPS) is 17.5. The van der Waals surface area contributed by atoms with Crippen LogP contribution >= 0.6 is 12.2 Å². The molecule has 1 fully saturated rings. The van der Waals surface area contributed by atoms with Crippen LogP contribution in [0.15, 0.2) is 85.2 Å². The molecule has 2 aromatic heterocycles. The van der Waals surface area contributed by atoms with Crippen molar-refractivity contribution in [2.24, 2.45) is 0 Å². The van der Waals surface area contributed by atoms with Gasteiger partial charge in [-0.05, 0) is 67.2 Å². The van der Waals surface area contributed by atoms with Gasteiger partial charge in [0.2, 0.25) is 0 Å². The Hall–Kier alpha value is -3.84. The van der Waals surface area contributed by atoms with Gasteiger partial charge in [-0.15, -0.1) is 0 Å². The van der Waals surface area contributed by atoms with E-state index in [0.717, 1.165) is 28.5 Å². The second kappa shape index (κ2) is 9.19. The Morgan fingerprint density at radius 2 is 1.74 bits per heavy atom. The van der Waals surface area contributed by atoms with Crippen molar-refractivity contribution in [3.63, 3.8) is 0 Å². The Kier molecular flexibility index (Phi) is 5.94. The highest BCUT2D eigenvalue weighted by molar-refractivity contribution is 7.80. The van der Waals surface area contributed by atoms with Gasteiger partial charge in [0.15, 0.2) is 5.11 Å². The molecule has 7 heteroatoms. The fourth-order valence-electron chi connectivity index (χ4n) is 4.59. The Morgan fingerprint density at radius 3 is 2.47 bits per heavy atom. The molecule has 34 heavy (non-hydrogen) atoms. The first-order valence-electron chi connectivity index (χ1n) is 11.1. The summed E-state index contributed by atoms with van der Waals surface area (Å²) in [6.45, 7) is 2.12. The number of pyridine rings is 1. The lowest BCUT2D eigenvalue weighted by molar-refractivity contribution is 0.402. The highest BCUT2D eigenvalue weighted by atomic mass is 32.1. The number of hydrogen-bond acceptors (Lipinski definition) is 4. The summed E-state index contributed by atoms with van der Waals surface area (Å²) in [7, 11) is 3.32. The summed E-state index contributed by atoms with van der Waals surface area (Å²) in [6.07, 6.45) is 3.90. The third-order valence-electron chi connectivity index (χ3n) is 6.20. The Labute approximate surface area is 204 Å². The molecule has 0 aliphatic carbocycles. The zero-order valence-corrected chi connectivity index (χ0v) is 20.1. The zero-order valence-electron chi connectivity index (χ0n) is 19.3. The molecule has 6 nitrogen and oxygen atoms in total. The first-order valence-corrected chi connectivity index (χ1v) is 11.5. The molecule has 5 rings (SSSR count). The van der Waals surface area contributed by atoms with Crippen LogP contribution in [0.4, 0.5) is 5.69 Å². The predicted molar refractivity (Wildman–Crippen MR) is 138 cm³/mol. The van der Waals surface area contributed by atoms with Gasteiger partial charge in [-0.25, -0.2) is 0 Å². The zero-order chi connectivity index (χ0) is 23.7. The molecule has 0 saturated carbocycles. The molecule has 2 aromatic carbocycles. The summed E-state index contributed by atoms with van der Waals surface area (Å²) < 4.78 is 13.5. The van der Waals surface area contributed by atoms with Crippen LogP contribution in [0.3, 0.4) is 0 Å². The van der Waals surface area contributed by atoms with Crippen molar-refractivity contribution in [3.8, 4) is 17.2 Å². The smallest absolute Gasteiger partial charge is 0.174 e. The predicted octanol–water partition coefficient (Wildman–Crippen LogP) is 5.38. The lowest BCUT2D eigenvalue weighted by atomic mass is 10.00. The Bertz CT molecular complexity index is 1320. The number of anilines is 1. The van der Waals surface area contributed by atoms with Gasteiger partial charge in [0, 0.05) is 29.8 Å². The van der Waals surface area contributed by atoms with E-state index >= 15 is 0 Å². The number of hydrogen-bond donors (Lipinski definition) is 1. The van der Waals surface area contributed by atoms with Crippen LogP contribution in [0, 0.1) is 6.92 Å². The van der Waals surface area contributed by atoms with E-state index in [9.17, 15) is 0 Å². The molecule has 0 radical (unpaired) electrons. The largest absolute Gasteiger partial charge is 0.497 e. The van der Waals surface area contributed by atoms with Gasteiger partial charge in [0.1, 0.15) is 17.5 Å². The number of nitrogens with zero attached hydrogens (tertiary/aromatic N) is 3. The molecular formula is C27H26N4O2S. The quantitative estimate of drug-likeness (QED) is 0.382. The molecule has 1 N–H and O–H groups in total. The minimum atomic E-state index is -0.182.